The van der Waals surface area contributed by atoms with Gasteiger partial charge in [0.1, 0.15) is 0 Å². The summed E-state index contributed by atoms with van der Waals surface area (Å²) < 4.78 is 0. The predicted octanol–water partition coefficient (Wildman–Crippen LogP) is 2.46. The molecule has 72 valence electrons. The van der Waals surface area contributed by atoms with Crippen molar-refractivity contribution in [3.63, 3.8) is 0 Å². The number of nitrogens with two attached hydrogens (primary N) is 1. The Bertz CT molecular complexity index is 374. The Labute approximate surface area is 84.3 Å². The molecule has 0 aromatic heterocycles. The summed E-state index contributed by atoms with van der Waals surface area (Å²) in [5.41, 5.74) is 7.26. The first-order valence-corrected chi connectivity index (χ1v) is 4.96. The van der Waals surface area contributed by atoms with Crippen molar-refractivity contribution >= 4 is 5.69 Å². The molecule has 14 heavy (non-hydrogen) atoms. The Kier molecular flexibility index (Phi) is 1.96. The standard InChI is InChI=1S/C12H14N2/c1-9-6-7-12(9,8-13)10-2-4-11(14)5-3-10/h2-5,9H,6-7,14H2,1H3. The molecule has 0 bridgehead atoms. The molecule has 0 spiro atoms. The van der Waals surface area contributed by atoms with Crippen LogP contribution in [0.3, 0.4) is 0 Å². The molecule has 2 heteroatoms. The number of hydrogen-bond acceptors (Lipinski definition) is 2. The van der Waals surface area contributed by atoms with Crippen molar-refractivity contribution in [2.75, 3.05) is 5.73 Å². The molecule has 0 aliphatic heterocycles. The smallest absolute Gasteiger partial charge is 0.0847 e. The SMILES string of the molecule is CC1CCC1(C#N)c1ccc(N)cc1. The fourth-order valence-corrected chi connectivity index (χ4v) is 2.16. The maximum absolute atomic E-state index is 9.25. The molecule has 0 radical (unpaired) electrons. The minimum Gasteiger partial charge on any atom is -0.399 e. The first-order chi connectivity index (χ1) is 6.69. The van der Waals surface area contributed by atoms with Gasteiger partial charge in [-0.25, -0.2) is 0 Å². The van der Waals surface area contributed by atoms with Gasteiger partial charge in [-0.15, -0.1) is 0 Å². The quantitative estimate of drug-likeness (QED) is 0.685. The normalized spacial score (nSPS) is 30.4. The molecule has 1 aromatic carbocycles. The highest BCUT2D eigenvalue weighted by Crippen LogP contribution is 2.48. The van der Waals surface area contributed by atoms with Crippen LogP contribution in [-0.4, -0.2) is 0 Å². The molecule has 2 unspecified atom stereocenters. The van der Waals surface area contributed by atoms with Gasteiger partial charge in [-0.05, 0) is 36.5 Å². The summed E-state index contributed by atoms with van der Waals surface area (Å²) in [5.74, 6) is 0.469. The highest BCUT2D eigenvalue weighted by molar-refractivity contribution is 5.45. The van der Waals surface area contributed by atoms with E-state index in [0.717, 1.165) is 24.1 Å². The summed E-state index contributed by atoms with van der Waals surface area (Å²) in [6.45, 7) is 2.14. The molecule has 0 heterocycles. The van der Waals surface area contributed by atoms with Crippen molar-refractivity contribution in [1.29, 1.82) is 5.26 Å². The lowest BCUT2D eigenvalue weighted by molar-refractivity contribution is 0.201. The van der Waals surface area contributed by atoms with Crippen LogP contribution in [0.1, 0.15) is 25.3 Å². The molecule has 1 aromatic rings. The highest BCUT2D eigenvalue weighted by Gasteiger charge is 2.45. The maximum atomic E-state index is 9.25. The second-order valence-electron chi connectivity index (χ2n) is 4.14. The minimum atomic E-state index is -0.242. The predicted molar refractivity (Wildman–Crippen MR) is 56.5 cm³/mol. The fraction of sp³-hybridized carbons (Fsp3) is 0.417. The zero-order valence-corrected chi connectivity index (χ0v) is 8.33. The van der Waals surface area contributed by atoms with Gasteiger partial charge in [-0.1, -0.05) is 19.1 Å². The van der Waals surface area contributed by atoms with E-state index in [2.05, 4.69) is 13.0 Å². The Morgan fingerprint density at radius 2 is 2.07 bits per heavy atom. The summed E-state index contributed by atoms with van der Waals surface area (Å²) in [6, 6.07) is 10.2. The molecule has 1 aliphatic rings. The Balaban J connectivity index is 2.39. The number of nitriles is 1. The first-order valence-electron chi connectivity index (χ1n) is 4.96. The van der Waals surface area contributed by atoms with Gasteiger partial charge < -0.3 is 5.73 Å². The van der Waals surface area contributed by atoms with Gasteiger partial charge in [-0.2, -0.15) is 5.26 Å². The van der Waals surface area contributed by atoms with Crippen molar-refractivity contribution in [2.45, 2.75) is 25.2 Å². The van der Waals surface area contributed by atoms with Crippen LogP contribution in [-0.2, 0) is 5.41 Å². The van der Waals surface area contributed by atoms with E-state index in [4.69, 9.17) is 5.73 Å². The Morgan fingerprint density at radius 1 is 1.43 bits per heavy atom. The monoisotopic (exact) mass is 186 g/mol. The number of nitrogen functional groups attached to an aromatic ring is 1. The van der Waals surface area contributed by atoms with Crippen molar-refractivity contribution in [1.82, 2.24) is 0 Å². The van der Waals surface area contributed by atoms with Crippen LogP contribution in [0.15, 0.2) is 24.3 Å². The van der Waals surface area contributed by atoms with Crippen LogP contribution >= 0.6 is 0 Å². The number of benzene rings is 1. The van der Waals surface area contributed by atoms with Crippen molar-refractivity contribution in [3.8, 4) is 6.07 Å². The molecule has 0 amide bonds. The van der Waals surface area contributed by atoms with Crippen LogP contribution in [0.4, 0.5) is 5.69 Å². The molecule has 2 atom stereocenters. The molecular weight excluding hydrogens is 172 g/mol. The second kappa shape index (κ2) is 3.02. The summed E-state index contributed by atoms with van der Waals surface area (Å²) in [5, 5.41) is 9.25. The summed E-state index contributed by atoms with van der Waals surface area (Å²) in [6.07, 6.45) is 2.13. The van der Waals surface area contributed by atoms with E-state index in [1.54, 1.807) is 0 Å². The second-order valence-corrected chi connectivity index (χ2v) is 4.14. The molecule has 0 saturated heterocycles. The topological polar surface area (TPSA) is 49.8 Å². The molecule has 2 rings (SSSR count). The number of anilines is 1. The third kappa shape index (κ3) is 1.09. The van der Waals surface area contributed by atoms with Crippen LogP contribution in [0.5, 0.6) is 0 Å². The van der Waals surface area contributed by atoms with Crippen molar-refractivity contribution in [2.24, 2.45) is 5.92 Å². The number of hydrogen-bond donors (Lipinski definition) is 1. The molecule has 2 nitrogen and oxygen atoms in total. The Morgan fingerprint density at radius 3 is 2.43 bits per heavy atom. The van der Waals surface area contributed by atoms with E-state index < -0.39 is 0 Å². The molecule has 1 fully saturated rings. The maximum Gasteiger partial charge on any atom is 0.0847 e. The van der Waals surface area contributed by atoms with Gasteiger partial charge in [0.2, 0.25) is 0 Å². The zero-order valence-electron chi connectivity index (χ0n) is 8.33. The molecule has 1 aliphatic carbocycles. The van der Waals surface area contributed by atoms with E-state index in [0.29, 0.717) is 5.92 Å². The van der Waals surface area contributed by atoms with Crippen molar-refractivity contribution < 1.29 is 0 Å². The highest BCUT2D eigenvalue weighted by atomic mass is 14.5. The third-order valence-electron chi connectivity index (χ3n) is 3.44. The first kappa shape index (κ1) is 9.08. The molecule has 1 saturated carbocycles. The fourth-order valence-electron chi connectivity index (χ4n) is 2.16. The van der Waals surface area contributed by atoms with E-state index in [9.17, 15) is 5.26 Å². The Hall–Kier alpha value is -1.49. The van der Waals surface area contributed by atoms with Gasteiger partial charge in [0.15, 0.2) is 0 Å². The van der Waals surface area contributed by atoms with Gasteiger partial charge in [0.25, 0.3) is 0 Å². The van der Waals surface area contributed by atoms with E-state index in [1.165, 1.54) is 0 Å². The molecule has 2 N–H and O–H groups in total. The van der Waals surface area contributed by atoms with E-state index >= 15 is 0 Å². The largest absolute Gasteiger partial charge is 0.399 e. The lowest BCUT2D eigenvalue weighted by atomic mass is 9.58. The molecular formula is C12H14N2. The van der Waals surface area contributed by atoms with E-state index in [-0.39, 0.29) is 5.41 Å². The number of nitrogens with zero attached hydrogens (tertiary/aromatic N) is 1. The number of rotatable bonds is 1. The zero-order chi connectivity index (χ0) is 10.2. The van der Waals surface area contributed by atoms with Crippen molar-refractivity contribution in [3.05, 3.63) is 29.8 Å². The lowest BCUT2D eigenvalue weighted by Crippen LogP contribution is -2.41. The van der Waals surface area contributed by atoms with E-state index in [1.807, 2.05) is 24.3 Å². The van der Waals surface area contributed by atoms with Gasteiger partial charge in [0, 0.05) is 5.69 Å². The third-order valence-corrected chi connectivity index (χ3v) is 3.44. The average molecular weight is 186 g/mol. The van der Waals surface area contributed by atoms with Crippen LogP contribution in [0, 0.1) is 17.2 Å². The van der Waals surface area contributed by atoms with Crippen LogP contribution in [0.25, 0.3) is 0 Å². The van der Waals surface area contributed by atoms with Gasteiger partial charge in [-0.3, -0.25) is 0 Å². The van der Waals surface area contributed by atoms with Crippen LogP contribution in [0.2, 0.25) is 0 Å². The lowest BCUT2D eigenvalue weighted by Gasteiger charge is -2.42. The summed E-state index contributed by atoms with van der Waals surface area (Å²) in [4.78, 5) is 0. The summed E-state index contributed by atoms with van der Waals surface area (Å²) in [7, 11) is 0. The van der Waals surface area contributed by atoms with Gasteiger partial charge >= 0.3 is 0 Å². The van der Waals surface area contributed by atoms with Gasteiger partial charge in [0.05, 0.1) is 11.5 Å². The minimum absolute atomic E-state index is 0.242. The van der Waals surface area contributed by atoms with Crippen LogP contribution < -0.4 is 5.73 Å². The average Bonchev–Trinajstić information content (AvgIpc) is 2.20. The summed E-state index contributed by atoms with van der Waals surface area (Å²) >= 11 is 0.